The molecule has 0 aliphatic heterocycles. The Balaban J connectivity index is -0.0000000734. The molecule has 0 radical (unpaired) electrons. The predicted molar refractivity (Wildman–Crippen MR) is 64.8 cm³/mol. The molecule has 0 heterocycles. The molecule has 1 unspecified atom stereocenters. The van der Waals surface area contributed by atoms with Gasteiger partial charge in [-0.15, -0.1) is 0 Å². The first-order valence-electron chi connectivity index (χ1n) is 4.88. The molecule has 0 rings (SSSR count). The van der Waals surface area contributed by atoms with E-state index in [1.165, 1.54) is 0 Å². The fraction of sp³-hybridized carbons (Fsp3) is 0.700. The van der Waals surface area contributed by atoms with Crippen LogP contribution in [-0.2, 0) is 14.4 Å². The van der Waals surface area contributed by atoms with E-state index in [-0.39, 0.29) is 47.0 Å². The number of carbonyl (C=O) groups is 3. The minimum Gasteiger partial charge on any atom is -1.00 e. The zero-order valence-electron chi connectivity index (χ0n) is 13.2. The molecule has 0 bridgehead atoms. The molecule has 0 fully saturated rings. The van der Waals surface area contributed by atoms with Crippen molar-refractivity contribution in [2.24, 2.45) is 0 Å². The summed E-state index contributed by atoms with van der Waals surface area (Å²) in [6, 6.07) is 0. The van der Waals surface area contributed by atoms with Crippen LogP contribution in [0, 0.1) is 0 Å². The van der Waals surface area contributed by atoms with Crippen LogP contribution >= 0.6 is 0 Å². The summed E-state index contributed by atoms with van der Waals surface area (Å²) in [7, 11) is 5.66. The van der Waals surface area contributed by atoms with Crippen LogP contribution in [0.4, 0.5) is 0 Å². The Bertz CT molecular complexity index is 284. The van der Waals surface area contributed by atoms with E-state index in [4.69, 9.17) is 10.2 Å². The Morgan fingerprint density at radius 1 is 1.28 bits per heavy atom. The summed E-state index contributed by atoms with van der Waals surface area (Å²) < 4.78 is 0.550. The number of rotatable bonds is 5. The van der Waals surface area contributed by atoms with Gasteiger partial charge in [0.2, 0.25) is 5.78 Å². The second-order valence-electron chi connectivity index (χ2n) is 4.56. The summed E-state index contributed by atoms with van der Waals surface area (Å²) in [4.78, 5) is 28.9. The van der Waals surface area contributed by atoms with Crippen molar-refractivity contribution in [2.75, 3.05) is 27.7 Å². The number of nitrogens with zero attached hydrogens (tertiary/aromatic N) is 1. The van der Waals surface area contributed by atoms with E-state index in [0.29, 0.717) is 11.0 Å². The number of aliphatic carboxylic acids is 2. The van der Waals surface area contributed by atoms with Gasteiger partial charge in [-0.05, 0) is 0 Å². The second-order valence-corrected chi connectivity index (χ2v) is 4.56. The summed E-state index contributed by atoms with van der Waals surface area (Å²) in [5, 5.41) is 26.8. The molecule has 0 spiro atoms. The number of carbonyl (C=O) groups excluding carboxylic acids is 2. The van der Waals surface area contributed by atoms with E-state index in [1.807, 2.05) is 21.1 Å². The number of hydrogen-bond donors (Lipinski definition) is 2. The maximum atomic E-state index is 10.0. The normalized spacial score (nSPS) is 11.4. The molecule has 2 N–H and O–H groups in total. The molecule has 7 nitrogen and oxygen atoms in total. The fourth-order valence-electron chi connectivity index (χ4n) is 0.889. The molecule has 0 amide bonds. The monoisotopic (exact) mass is 291 g/mol. The van der Waals surface area contributed by atoms with Crippen LogP contribution in [0.2, 0.25) is 0 Å². The van der Waals surface area contributed by atoms with Gasteiger partial charge in [0.1, 0.15) is 12.6 Å². The van der Waals surface area contributed by atoms with E-state index in [1.54, 1.807) is 0 Å². The van der Waals surface area contributed by atoms with Gasteiger partial charge in [0.25, 0.3) is 0 Å². The SMILES string of the molecule is CC(=O)C(=O)O.C[N+](C)(C)CC(O)CC(=O)[O-].[Ca+2].[H-].[H-]. The zero-order chi connectivity index (χ0) is 14.2. The molecular formula is C10H21CaNO6. The van der Waals surface area contributed by atoms with E-state index in [2.05, 4.69) is 0 Å². The first kappa shape index (κ1) is 22.9. The molecule has 0 saturated carbocycles. The Kier molecular flexibility index (Phi) is 13.6. The Hall–Kier alpha value is -0.210. The smallest absolute Gasteiger partial charge is 1.00 e. The molecule has 104 valence electrons. The van der Waals surface area contributed by atoms with E-state index < -0.39 is 23.8 Å². The Morgan fingerprint density at radius 2 is 1.61 bits per heavy atom. The standard InChI is InChI=1S/C7H15NO3.C3H4O3.Ca.2H/c1-8(2,3)5-6(9)4-7(10)11;1-2(4)3(5)6;;;/h6,9H,4-5H2,1-3H3;1H3,(H,5,6);;;/q;;+2;2*-1. The molecule has 18 heavy (non-hydrogen) atoms. The molecular weight excluding hydrogens is 270 g/mol. The maximum absolute atomic E-state index is 10.0. The minimum absolute atomic E-state index is 0. The van der Waals surface area contributed by atoms with Crippen LogP contribution in [0.3, 0.4) is 0 Å². The second kappa shape index (κ2) is 10.7. The van der Waals surface area contributed by atoms with Crippen molar-refractivity contribution in [3.63, 3.8) is 0 Å². The summed E-state index contributed by atoms with van der Waals surface area (Å²) in [6.45, 7) is 1.43. The van der Waals surface area contributed by atoms with Gasteiger partial charge in [0.05, 0.1) is 21.1 Å². The molecule has 0 aromatic heterocycles. The fourth-order valence-corrected chi connectivity index (χ4v) is 0.889. The third kappa shape index (κ3) is 21.1. The summed E-state index contributed by atoms with van der Waals surface area (Å²) >= 11 is 0. The topological polar surface area (TPSA) is 115 Å². The van der Waals surface area contributed by atoms with Crippen LogP contribution in [0.5, 0.6) is 0 Å². The number of likely N-dealkylation sites (N-methyl/N-ethyl adjacent to an activating group) is 1. The van der Waals surface area contributed by atoms with Gasteiger partial charge in [-0.3, -0.25) is 4.79 Å². The van der Waals surface area contributed by atoms with Crippen molar-refractivity contribution in [3.8, 4) is 0 Å². The largest absolute Gasteiger partial charge is 2.00 e. The summed E-state index contributed by atoms with van der Waals surface area (Å²) in [5.41, 5.74) is 0. The van der Waals surface area contributed by atoms with Crippen molar-refractivity contribution in [2.45, 2.75) is 19.4 Å². The molecule has 0 saturated heterocycles. The van der Waals surface area contributed by atoms with Crippen molar-refractivity contribution in [3.05, 3.63) is 0 Å². The molecule has 0 aliphatic rings. The van der Waals surface area contributed by atoms with Gasteiger partial charge in [-0.2, -0.15) is 0 Å². The van der Waals surface area contributed by atoms with Gasteiger partial charge in [-0.25, -0.2) is 4.79 Å². The van der Waals surface area contributed by atoms with Crippen LogP contribution in [-0.4, -0.2) is 104 Å². The number of carboxylic acids is 2. The van der Waals surface area contributed by atoms with Crippen molar-refractivity contribution in [1.29, 1.82) is 0 Å². The Morgan fingerprint density at radius 3 is 1.78 bits per heavy atom. The predicted octanol–water partition coefficient (Wildman–Crippen LogP) is -2.30. The van der Waals surface area contributed by atoms with Gasteiger partial charge >= 0.3 is 43.7 Å². The van der Waals surface area contributed by atoms with Crippen LogP contribution < -0.4 is 5.11 Å². The number of quaternary nitrogens is 1. The average molecular weight is 291 g/mol. The molecule has 8 heteroatoms. The number of carboxylic acid groups (broad SMARTS) is 2. The van der Waals surface area contributed by atoms with Crippen LogP contribution in [0.15, 0.2) is 0 Å². The number of aliphatic hydroxyl groups excluding tert-OH is 1. The van der Waals surface area contributed by atoms with Gasteiger partial charge < -0.3 is 27.5 Å². The van der Waals surface area contributed by atoms with Crippen LogP contribution in [0.25, 0.3) is 0 Å². The minimum atomic E-state index is -1.38. The number of hydrogen-bond acceptors (Lipinski definition) is 5. The maximum Gasteiger partial charge on any atom is 2.00 e. The van der Waals surface area contributed by atoms with Gasteiger partial charge in [-0.1, -0.05) is 0 Å². The zero-order valence-corrected chi connectivity index (χ0v) is 13.4. The quantitative estimate of drug-likeness (QED) is 0.334. The van der Waals surface area contributed by atoms with Crippen molar-refractivity contribution >= 4 is 55.5 Å². The van der Waals surface area contributed by atoms with Gasteiger partial charge in [0.15, 0.2) is 0 Å². The van der Waals surface area contributed by atoms with E-state index in [9.17, 15) is 19.5 Å². The van der Waals surface area contributed by atoms with E-state index >= 15 is 0 Å². The summed E-state index contributed by atoms with van der Waals surface area (Å²) in [5.74, 6) is -3.41. The van der Waals surface area contributed by atoms with Crippen molar-refractivity contribution < 1.29 is 37.0 Å². The van der Waals surface area contributed by atoms with E-state index in [0.717, 1.165) is 6.92 Å². The summed E-state index contributed by atoms with van der Waals surface area (Å²) in [6.07, 6.45) is -1.09. The molecule has 0 aliphatic carbocycles. The van der Waals surface area contributed by atoms with Crippen LogP contribution in [0.1, 0.15) is 16.2 Å². The molecule has 0 aromatic carbocycles. The first-order chi connectivity index (χ1) is 7.45. The third-order valence-electron chi connectivity index (χ3n) is 1.46. The number of Topliss-reactive ketones (excluding diaryl/α,β-unsaturated/α-hetero) is 1. The van der Waals surface area contributed by atoms with Gasteiger partial charge in [0, 0.05) is 19.3 Å². The van der Waals surface area contributed by atoms with Crippen molar-refractivity contribution in [1.82, 2.24) is 0 Å². The molecule has 0 aromatic rings. The average Bonchev–Trinajstić information content (AvgIpc) is 1.98. The Labute approximate surface area is 139 Å². The number of ketones is 1. The third-order valence-corrected chi connectivity index (χ3v) is 1.46. The number of aliphatic hydroxyl groups is 1. The first-order valence-corrected chi connectivity index (χ1v) is 4.88. The molecule has 1 atom stereocenters.